The minimum atomic E-state index is 0.0548. The summed E-state index contributed by atoms with van der Waals surface area (Å²) in [6.07, 6.45) is 0.456. The van der Waals surface area contributed by atoms with Crippen LogP contribution in [-0.4, -0.2) is 18.5 Å². The highest BCUT2D eigenvalue weighted by molar-refractivity contribution is 7.20. The molecule has 1 atom stereocenters. The second-order valence-electron chi connectivity index (χ2n) is 4.43. The van der Waals surface area contributed by atoms with Crippen molar-refractivity contribution in [1.29, 1.82) is 0 Å². The van der Waals surface area contributed by atoms with Crippen molar-refractivity contribution in [2.75, 3.05) is 6.54 Å². The van der Waals surface area contributed by atoms with E-state index in [1.54, 1.807) is 0 Å². The fraction of sp³-hybridized carbons (Fsp3) is 0.583. The van der Waals surface area contributed by atoms with E-state index in [4.69, 9.17) is 23.2 Å². The first kappa shape index (κ1) is 15.8. The Morgan fingerprint density at radius 2 is 2.06 bits per heavy atom. The lowest BCUT2D eigenvalue weighted by Crippen LogP contribution is -2.33. The van der Waals surface area contributed by atoms with E-state index in [1.807, 2.05) is 26.8 Å². The van der Waals surface area contributed by atoms with Crippen LogP contribution in [0.1, 0.15) is 38.8 Å². The minimum absolute atomic E-state index is 0.0548. The van der Waals surface area contributed by atoms with E-state index in [0.717, 1.165) is 5.56 Å². The van der Waals surface area contributed by atoms with Gasteiger partial charge in [-0.25, -0.2) is 0 Å². The van der Waals surface area contributed by atoms with E-state index in [-0.39, 0.29) is 18.0 Å². The molecule has 0 aliphatic heterocycles. The number of nitrogens with one attached hydrogen (secondary N) is 2. The number of amides is 1. The SMILES string of the molecule is CC(C)NC(=O)CCNC(C)c1cc(Cl)sc1Cl. The van der Waals surface area contributed by atoms with E-state index in [2.05, 4.69) is 10.6 Å². The lowest BCUT2D eigenvalue weighted by molar-refractivity contribution is -0.121. The average molecular weight is 309 g/mol. The van der Waals surface area contributed by atoms with Gasteiger partial charge < -0.3 is 10.6 Å². The largest absolute Gasteiger partial charge is 0.354 e. The zero-order valence-corrected chi connectivity index (χ0v) is 13.0. The molecule has 0 saturated carbocycles. The van der Waals surface area contributed by atoms with Crippen molar-refractivity contribution in [1.82, 2.24) is 10.6 Å². The molecule has 1 unspecified atom stereocenters. The van der Waals surface area contributed by atoms with Crippen molar-refractivity contribution in [3.05, 3.63) is 20.3 Å². The van der Waals surface area contributed by atoms with Crippen LogP contribution in [-0.2, 0) is 4.79 Å². The molecule has 1 aromatic rings. The van der Waals surface area contributed by atoms with Crippen molar-refractivity contribution < 1.29 is 4.79 Å². The van der Waals surface area contributed by atoms with Crippen LogP contribution in [0, 0.1) is 0 Å². The number of carbonyl (C=O) groups is 1. The van der Waals surface area contributed by atoms with Crippen LogP contribution in [0.15, 0.2) is 6.07 Å². The molecule has 6 heteroatoms. The molecule has 1 heterocycles. The first-order valence-corrected chi connectivity index (χ1v) is 7.45. The molecule has 18 heavy (non-hydrogen) atoms. The fourth-order valence-electron chi connectivity index (χ4n) is 1.55. The number of hydrogen-bond donors (Lipinski definition) is 2. The number of rotatable bonds is 6. The third-order valence-electron chi connectivity index (χ3n) is 2.40. The standard InChI is InChI=1S/C12H18Cl2N2OS/c1-7(2)16-11(17)4-5-15-8(3)9-6-10(13)18-12(9)14/h6-8,15H,4-5H2,1-3H3,(H,16,17). The summed E-state index contributed by atoms with van der Waals surface area (Å²) in [5.74, 6) is 0.0548. The van der Waals surface area contributed by atoms with Crippen LogP contribution in [0.5, 0.6) is 0 Å². The Balaban J connectivity index is 2.35. The van der Waals surface area contributed by atoms with Gasteiger partial charge in [0.2, 0.25) is 5.91 Å². The monoisotopic (exact) mass is 308 g/mol. The zero-order chi connectivity index (χ0) is 13.7. The highest BCUT2D eigenvalue weighted by atomic mass is 35.5. The van der Waals surface area contributed by atoms with Gasteiger partial charge in [0, 0.05) is 25.0 Å². The van der Waals surface area contributed by atoms with Crippen molar-refractivity contribution >= 4 is 40.4 Å². The molecule has 2 N–H and O–H groups in total. The minimum Gasteiger partial charge on any atom is -0.354 e. The molecular formula is C12H18Cl2N2OS. The smallest absolute Gasteiger partial charge is 0.221 e. The zero-order valence-electron chi connectivity index (χ0n) is 10.7. The van der Waals surface area contributed by atoms with E-state index in [0.29, 0.717) is 21.6 Å². The normalized spacial score (nSPS) is 12.8. The molecule has 102 valence electrons. The first-order valence-electron chi connectivity index (χ1n) is 5.87. The van der Waals surface area contributed by atoms with Crippen LogP contribution >= 0.6 is 34.5 Å². The quantitative estimate of drug-likeness (QED) is 0.842. The molecule has 1 aromatic heterocycles. The number of halogens is 2. The predicted octanol–water partition coefficient (Wildman–Crippen LogP) is 3.62. The second kappa shape index (κ2) is 7.34. The molecular weight excluding hydrogens is 291 g/mol. The van der Waals surface area contributed by atoms with E-state index < -0.39 is 0 Å². The molecule has 0 radical (unpaired) electrons. The molecule has 0 bridgehead atoms. The van der Waals surface area contributed by atoms with Crippen molar-refractivity contribution in [2.45, 2.75) is 39.3 Å². The van der Waals surface area contributed by atoms with Gasteiger partial charge >= 0.3 is 0 Å². The van der Waals surface area contributed by atoms with Gasteiger partial charge in [-0.2, -0.15) is 0 Å². The fourth-order valence-corrected chi connectivity index (χ4v) is 3.20. The molecule has 0 saturated heterocycles. The van der Waals surface area contributed by atoms with Gasteiger partial charge in [-0.15, -0.1) is 11.3 Å². The highest BCUT2D eigenvalue weighted by Gasteiger charge is 2.13. The summed E-state index contributed by atoms with van der Waals surface area (Å²) >= 11 is 13.3. The van der Waals surface area contributed by atoms with Gasteiger partial charge in [-0.05, 0) is 32.4 Å². The number of carbonyl (C=O) groups excluding carboxylic acids is 1. The van der Waals surface area contributed by atoms with Crippen LogP contribution in [0.4, 0.5) is 0 Å². The summed E-state index contributed by atoms with van der Waals surface area (Å²) in [6.45, 7) is 6.51. The third-order valence-corrected chi connectivity index (χ3v) is 3.92. The molecule has 0 aliphatic carbocycles. The molecule has 0 aliphatic rings. The van der Waals surface area contributed by atoms with E-state index >= 15 is 0 Å². The van der Waals surface area contributed by atoms with Crippen LogP contribution in [0.2, 0.25) is 8.67 Å². The topological polar surface area (TPSA) is 41.1 Å². The molecule has 1 amide bonds. The Hall–Kier alpha value is -0.290. The predicted molar refractivity (Wildman–Crippen MR) is 78.7 cm³/mol. The van der Waals surface area contributed by atoms with Gasteiger partial charge in [-0.3, -0.25) is 4.79 Å². The maximum atomic E-state index is 11.4. The highest BCUT2D eigenvalue weighted by Crippen LogP contribution is 2.34. The summed E-state index contributed by atoms with van der Waals surface area (Å²) in [7, 11) is 0. The average Bonchev–Trinajstić information content (AvgIpc) is 2.56. The molecule has 0 aromatic carbocycles. The summed E-state index contributed by atoms with van der Waals surface area (Å²) in [4.78, 5) is 11.4. The van der Waals surface area contributed by atoms with Crippen LogP contribution in [0.25, 0.3) is 0 Å². The summed E-state index contributed by atoms with van der Waals surface area (Å²) in [5.41, 5.74) is 0.982. The van der Waals surface area contributed by atoms with E-state index in [1.165, 1.54) is 11.3 Å². The summed E-state index contributed by atoms with van der Waals surface area (Å²) < 4.78 is 1.38. The van der Waals surface area contributed by atoms with Gasteiger partial charge in [0.1, 0.15) is 0 Å². The second-order valence-corrected chi connectivity index (χ2v) is 6.71. The van der Waals surface area contributed by atoms with Gasteiger partial charge in [0.25, 0.3) is 0 Å². The maximum absolute atomic E-state index is 11.4. The third kappa shape index (κ3) is 5.14. The van der Waals surface area contributed by atoms with Crippen molar-refractivity contribution in [2.24, 2.45) is 0 Å². The summed E-state index contributed by atoms with van der Waals surface area (Å²) in [5, 5.41) is 6.11. The van der Waals surface area contributed by atoms with Gasteiger partial charge in [-0.1, -0.05) is 23.2 Å². The Morgan fingerprint density at radius 3 is 2.56 bits per heavy atom. The van der Waals surface area contributed by atoms with Crippen molar-refractivity contribution in [3.8, 4) is 0 Å². The maximum Gasteiger partial charge on any atom is 0.221 e. The summed E-state index contributed by atoms with van der Waals surface area (Å²) in [6, 6.07) is 2.13. The molecule has 3 nitrogen and oxygen atoms in total. The first-order chi connectivity index (χ1) is 8.40. The van der Waals surface area contributed by atoms with Gasteiger partial charge in [0.15, 0.2) is 0 Å². The van der Waals surface area contributed by atoms with Crippen molar-refractivity contribution in [3.63, 3.8) is 0 Å². The Labute approximate surface area is 122 Å². The molecule has 0 spiro atoms. The van der Waals surface area contributed by atoms with Gasteiger partial charge in [0.05, 0.1) is 8.67 Å². The van der Waals surface area contributed by atoms with E-state index in [9.17, 15) is 4.79 Å². The Kier molecular flexibility index (Phi) is 6.43. The van der Waals surface area contributed by atoms with Crippen LogP contribution in [0.3, 0.4) is 0 Å². The lowest BCUT2D eigenvalue weighted by Gasteiger charge is -2.13. The lowest BCUT2D eigenvalue weighted by atomic mass is 10.2. The number of hydrogen-bond acceptors (Lipinski definition) is 3. The Bertz CT molecular complexity index is 407. The Morgan fingerprint density at radius 1 is 1.39 bits per heavy atom. The molecule has 1 rings (SSSR count). The molecule has 0 fully saturated rings. The number of thiophene rings is 1. The van der Waals surface area contributed by atoms with Crippen LogP contribution < -0.4 is 10.6 Å².